The van der Waals surface area contributed by atoms with E-state index >= 15 is 0 Å². The number of hydrogen-bond acceptors (Lipinski definition) is 5. The maximum atomic E-state index is 11.8. The normalized spacial score (nSPS) is 11.2. The van der Waals surface area contributed by atoms with Crippen molar-refractivity contribution < 1.29 is 17.9 Å². The molecule has 5 nitrogen and oxygen atoms in total. The van der Waals surface area contributed by atoms with Crippen molar-refractivity contribution in [1.29, 1.82) is 0 Å². The SMILES string of the molecule is NNc1nccc(OCCCC(F)(F)F)n1. The van der Waals surface area contributed by atoms with Crippen molar-refractivity contribution in [1.82, 2.24) is 9.97 Å². The second kappa shape index (κ2) is 5.50. The van der Waals surface area contributed by atoms with Crippen LogP contribution in [0.15, 0.2) is 12.3 Å². The van der Waals surface area contributed by atoms with E-state index in [-0.39, 0.29) is 24.9 Å². The molecule has 0 radical (unpaired) electrons. The van der Waals surface area contributed by atoms with Gasteiger partial charge in [-0.2, -0.15) is 18.2 Å². The Hall–Kier alpha value is -1.57. The number of rotatable bonds is 5. The van der Waals surface area contributed by atoms with Gasteiger partial charge in [0.05, 0.1) is 6.61 Å². The van der Waals surface area contributed by atoms with E-state index in [1.807, 2.05) is 0 Å². The van der Waals surface area contributed by atoms with Gasteiger partial charge in [-0.05, 0) is 6.42 Å². The second-order valence-corrected chi connectivity index (χ2v) is 2.93. The van der Waals surface area contributed by atoms with Gasteiger partial charge in [0.15, 0.2) is 0 Å². The highest BCUT2D eigenvalue weighted by Crippen LogP contribution is 2.21. The lowest BCUT2D eigenvalue weighted by atomic mass is 10.3. The summed E-state index contributed by atoms with van der Waals surface area (Å²) in [5.41, 5.74) is 2.20. The van der Waals surface area contributed by atoms with Crippen LogP contribution < -0.4 is 16.0 Å². The molecule has 0 aliphatic heterocycles. The lowest BCUT2D eigenvalue weighted by molar-refractivity contribution is -0.136. The highest BCUT2D eigenvalue weighted by Gasteiger charge is 2.26. The first kappa shape index (κ1) is 12.5. The van der Waals surface area contributed by atoms with Crippen molar-refractivity contribution in [3.63, 3.8) is 0 Å². The van der Waals surface area contributed by atoms with Gasteiger partial charge in [0, 0.05) is 18.7 Å². The van der Waals surface area contributed by atoms with Crippen LogP contribution in [0.3, 0.4) is 0 Å². The van der Waals surface area contributed by atoms with Gasteiger partial charge in [0.25, 0.3) is 0 Å². The molecule has 1 aromatic rings. The molecule has 0 saturated carbocycles. The molecule has 0 aliphatic rings. The number of nitrogens with two attached hydrogens (primary N) is 1. The Kier molecular flexibility index (Phi) is 4.29. The van der Waals surface area contributed by atoms with E-state index in [0.29, 0.717) is 0 Å². The van der Waals surface area contributed by atoms with Gasteiger partial charge in [0.2, 0.25) is 11.8 Å². The smallest absolute Gasteiger partial charge is 0.389 e. The molecule has 0 aliphatic carbocycles. The number of hydrazine groups is 1. The number of anilines is 1. The van der Waals surface area contributed by atoms with Crippen LogP contribution in [-0.2, 0) is 0 Å². The van der Waals surface area contributed by atoms with E-state index in [4.69, 9.17) is 10.6 Å². The number of alkyl halides is 3. The van der Waals surface area contributed by atoms with Gasteiger partial charge in [-0.3, -0.25) is 5.43 Å². The molecule has 3 N–H and O–H groups in total. The molecule has 8 heteroatoms. The maximum absolute atomic E-state index is 11.8. The van der Waals surface area contributed by atoms with Crippen molar-refractivity contribution in [2.75, 3.05) is 12.0 Å². The molecule has 0 amide bonds. The summed E-state index contributed by atoms with van der Waals surface area (Å²) in [6.07, 6.45) is -3.75. The first-order valence-corrected chi connectivity index (χ1v) is 4.50. The number of nitrogen functional groups attached to an aromatic ring is 1. The standard InChI is InChI=1S/C8H11F3N4O/c9-8(10,11)3-1-5-16-6-2-4-13-7(14-6)15-12/h2,4H,1,3,5,12H2,(H,13,14,15). The summed E-state index contributed by atoms with van der Waals surface area (Å²) < 4.78 is 40.4. The van der Waals surface area contributed by atoms with Crippen molar-refractivity contribution in [3.05, 3.63) is 12.3 Å². The van der Waals surface area contributed by atoms with E-state index in [9.17, 15) is 13.2 Å². The van der Waals surface area contributed by atoms with Crippen LogP contribution >= 0.6 is 0 Å². The fourth-order valence-corrected chi connectivity index (χ4v) is 0.941. The Labute approximate surface area is 89.8 Å². The van der Waals surface area contributed by atoms with Crippen LogP contribution in [-0.4, -0.2) is 22.8 Å². The molecule has 90 valence electrons. The van der Waals surface area contributed by atoms with Crippen LogP contribution in [0, 0.1) is 0 Å². The fourth-order valence-electron chi connectivity index (χ4n) is 0.941. The summed E-state index contributed by atoms with van der Waals surface area (Å²) in [5.74, 6) is 5.38. The molecule has 0 spiro atoms. The largest absolute Gasteiger partial charge is 0.478 e. The predicted molar refractivity (Wildman–Crippen MR) is 50.6 cm³/mol. The lowest BCUT2D eigenvalue weighted by Gasteiger charge is -2.07. The molecule has 1 aromatic heterocycles. The summed E-state index contributed by atoms with van der Waals surface area (Å²) in [5, 5.41) is 0. The monoisotopic (exact) mass is 236 g/mol. The lowest BCUT2D eigenvalue weighted by Crippen LogP contribution is -2.12. The number of aromatic nitrogens is 2. The van der Waals surface area contributed by atoms with Crippen LogP contribution in [0.5, 0.6) is 5.88 Å². The van der Waals surface area contributed by atoms with Gasteiger partial charge in [0.1, 0.15) is 0 Å². The topological polar surface area (TPSA) is 73.1 Å². The highest BCUT2D eigenvalue weighted by atomic mass is 19.4. The minimum Gasteiger partial charge on any atom is -0.478 e. The zero-order chi connectivity index (χ0) is 12.0. The Morgan fingerprint density at radius 3 is 2.81 bits per heavy atom. The molecule has 0 bridgehead atoms. The summed E-state index contributed by atoms with van der Waals surface area (Å²) in [6.45, 7) is -0.0550. The van der Waals surface area contributed by atoms with Gasteiger partial charge in [-0.25, -0.2) is 10.8 Å². The molecule has 0 unspecified atom stereocenters. The Balaban J connectivity index is 2.32. The molecule has 0 atom stereocenters. The average Bonchev–Trinajstić information content (AvgIpc) is 2.23. The fraction of sp³-hybridized carbons (Fsp3) is 0.500. The quantitative estimate of drug-likeness (QED) is 0.460. The highest BCUT2D eigenvalue weighted by molar-refractivity contribution is 5.25. The van der Waals surface area contributed by atoms with E-state index < -0.39 is 12.6 Å². The van der Waals surface area contributed by atoms with Crippen molar-refractivity contribution in [2.45, 2.75) is 19.0 Å². The maximum Gasteiger partial charge on any atom is 0.389 e. The first-order chi connectivity index (χ1) is 7.51. The van der Waals surface area contributed by atoms with Gasteiger partial charge < -0.3 is 4.74 Å². The zero-order valence-corrected chi connectivity index (χ0v) is 8.29. The Morgan fingerprint density at radius 2 is 2.19 bits per heavy atom. The second-order valence-electron chi connectivity index (χ2n) is 2.93. The molecular formula is C8H11F3N4O. The molecule has 16 heavy (non-hydrogen) atoms. The van der Waals surface area contributed by atoms with Crippen LogP contribution in [0.2, 0.25) is 0 Å². The first-order valence-electron chi connectivity index (χ1n) is 4.50. The van der Waals surface area contributed by atoms with Crippen LogP contribution in [0.4, 0.5) is 19.1 Å². The molecular weight excluding hydrogens is 225 g/mol. The Bertz CT molecular complexity index is 331. The average molecular weight is 236 g/mol. The third kappa shape index (κ3) is 4.78. The van der Waals surface area contributed by atoms with Gasteiger partial charge in [-0.15, -0.1) is 0 Å². The molecule has 0 fully saturated rings. The minimum atomic E-state index is -4.15. The van der Waals surface area contributed by atoms with Crippen LogP contribution in [0.1, 0.15) is 12.8 Å². The Morgan fingerprint density at radius 1 is 1.44 bits per heavy atom. The number of halogens is 3. The van der Waals surface area contributed by atoms with Gasteiger partial charge in [-0.1, -0.05) is 0 Å². The number of ether oxygens (including phenoxy) is 1. The molecule has 1 rings (SSSR count). The third-order valence-electron chi connectivity index (χ3n) is 1.61. The summed E-state index contributed by atoms with van der Waals surface area (Å²) in [4.78, 5) is 7.49. The number of nitrogens with zero attached hydrogens (tertiary/aromatic N) is 2. The summed E-state index contributed by atoms with van der Waals surface area (Å²) in [6, 6.07) is 1.44. The van der Waals surface area contributed by atoms with E-state index in [0.717, 1.165) is 0 Å². The predicted octanol–water partition coefficient (Wildman–Crippen LogP) is 1.48. The molecule has 0 aromatic carbocycles. The van der Waals surface area contributed by atoms with E-state index in [1.54, 1.807) is 0 Å². The van der Waals surface area contributed by atoms with E-state index in [1.165, 1.54) is 12.3 Å². The van der Waals surface area contributed by atoms with Crippen molar-refractivity contribution >= 4 is 5.95 Å². The number of hydrogen-bond donors (Lipinski definition) is 2. The zero-order valence-electron chi connectivity index (χ0n) is 8.29. The van der Waals surface area contributed by atoms with Crippen molar-refractivity contribution in [3.8, 4) is 5.88 Å². The van der Waals surface area contributed by atoms with Gasteiger partial charge >= 0.3 is 6.18 Å². The van der Waals surface area contributed by atoms with Crippen molar-refractivity contribution in [2.24, 2.45) is 5.84 Å². The summed E-state index contributed by atoms with van der Waals surface area (Å²) in [7, 11) is 0. The summed E-state index contributed by atoms with van der Waals surface area (Å²) >= 11 is 0. The third-order valence-corrected chi connectivity index (χ3v) is 1.61. The van der Waals surface area contributed by atoms with Crippen LogP contribution in [0.25, 0.3) is 0 Å². The molecule has 1 heterocycles. The molecule has 0 saturated heterocycles. The number of nitrogens with one attached hydrogen (secondary N) is 1. The van der Waals surface area contributed by atoms with E-state index in [2.05, 4.69) is 15.4 Å². The minimum absolute atomic E-state index is 0.0550.